The van der Waals surface area contributed by atoms with Crippen molar-refractivity contribution >= 4 is 11.3 Å². The maximum Gasteiger partial charge on any atom is 0.159 e. The third-order valence-electron chi connectivity index (χ3n) is 2.73. The first kappa shape index (κ1) is 12.2. The third-order valence-corrected chi connectivity index (χ3v) is 3.63. The molecule has 0 fully saturated rings. The van der Waals surface area contributed by atoms with Crippen LogP contribution in [-0.4, -0.2) is 6.54 Å². The Morgan fingerprint density at radius 1 is 1.18 bits per heavy atom. The zero-order chi connectivity index (χ0) is 12.3. The van der Waals surface area contributed by atoms with E-state index in [0.29, 0.717) is 6.54 Å². The first-order valence-electron chi connectivity index (χ1n) is 5.38. The highest BCUT2D eigenvalue weighted by Gasteiger charge is 2.13. The van der Waals surface area contributed by atoms with Gasteiger partial charge in [-0.2, -0.15) is 0 Å². The van der Waals surface area contributed by atoms with Crippen LogP contribution in [-0.2, 0) is 6.42 Å². The van der Waals surface area contributed by atoms with Crippen LogP contribution in [0.4, 0.5) is 8.78 Å². The Kier molecular flexibility index (Phi) is 3.86. The average Bonchev–Trinajstić information content (AvgIpc) is 2.82. The van der Waals surface area contributed by atoms with Crippen LogP contribution < -0.4 is 5.73 Å². The standard InChI is InChI=1S/C13H13F2NS/c14-12-4-3-9(7-13(12)15)10(8-16)6-11-2-1-5-17-11/h1-5,7,10H,6,8,16H2. The van der Waals surface area contributed by atoms with Gasteiger partial charge in [-0.15, -0.1) is 11.3 Å². The van der Waals surface area contributed by atoms with Gasteiger partial charge in [-0.05, 0) is 42.1 Å². The van der Waals surface area contributed by atoms with Crippen molar-refractivity contribution in [3.8, 4) is 0 Å². The van der Waals surface area contributed by atoms with Crippen LogP contribution in [0.25, 0.3) is 0 Å². The molecule has 1 heterocycles. The lowest BCUT2D eigenvalue weighted by Gasteiger charge is -2.14. The highest BCUT2D eigenvalue weighted by molar-refractivity contribution is 7.09. The van der Waals surface area contributed by atoms with Crippen LogP contribution in [0.15, 0.2) is 35.7 Å². The molecule has 0 aliphatic rings. The Bertz CT molecular complexity index is 482. The second-order valence-corrected chi connectivity index (χ2v) is 4.92. The topological polar surface area (TPSA) is 26.0 Å². The first-order valence-corrected chi connectivity index (χ1v) is 6.26. The molecule has 1 nitrogen and oxygen atoms in total. The van der Waals surface area contributed by atoms with Crippen LogP contribution in [0, 0.1) is 11.6 Å². The fraction of sp³-hybridized carbons (Fsp3) is 0.231. The maximum atomic E-state index is 13.1. The smallest absolute Gasteiger partial charge is 0.159 e. The molecule has 1 aromatic carbocycles. The van der Waals surface area contributed by atoms with E-state index in [0.717, 1.165) is 18.1 Å². The number of halogens is 2. The van der Waals surface area contributed by atoms with Gasteiger partial charge in [0.15, 0.2) is 11.6 Å². The predicted molar refractivity (Wildman–Crippen MR) is 66.2 cm³/mol. The molecule has 0 bridgehead atoms. The predicted octanol–water partition coefficient (Wildman–Crippen LogP) is 3.31. The second kappa shape index (κ2) is 5.38. The van der Waals surface area contributed by atoms with E-state index < -0.39 is 11.6 Å². The van der Waals surface area contributed by atoms with E-state index in [1.807, 2.05) is 17.5 Å². The Labute approximate surface area is 103 Å². The van der Waals surface area contributed by atoms with Crippen molar-refractivity contribution in [1.29, 1.82) is 0 Å². The largest absolute Gasteiger partial charge is 0.330 e. The summed E-state index contributed by atoms with van der Waals surface area (Å²) in [5.74, 6) is -1.60. The van der Waals surface area contributed by atoms with Crippen molar-refractivity contribution in [2.24, 2.45) is 5.73 Å². The van der Waals surface area contributed by atoms with Gasteiger partial charge in [0.1, 0.15) is 0 Å². The Morgan fingerprint density at radius 3 is 2.59 bits per heavy atom. The highest BCUT2D eigenvalue weighted by atomic mass is 32.1. The number of hydrogen-bond acceptors (Lipinski definition) is 2. The molecule has 0 aliphatic heterocycles. The molecule has 0 aliphatic carbocycles. The highest BCUT2D eigenvalue weighted by Crippen LogP contribution is 2.23. The molecule has 17 heavy (non-hydrogen) atoms. The Morgan fingerprint density at radius 2 is 2.00 bits per heavy atom. The number of nitrogens with two attached hydrogens (primary N) is 1. The van der Waals surface area contributed by atoms with Crippen LogP contribution in [0.3, 0.4) is 0 Å². The van der Waals surface area contributed by atoms with Gasteiger partial charge in [0.2, 0.25) is 0 Å². The van der Waals surface area contributed by atoms with Gasteiger partial charge in [0.05, 0.1) is 0 Å². The van der Waals surface area contributed by atoms with Gasteiger partial charge >= 0.3 is 0 Å². The number of benzene rings is 1. The summed E-state index contributed by atoms with van der Waals surface area (Å²) in [5.41, 5.74) is 6.45. The van der Waals surface area contributed by atoms with Crippen LogP contribution in [0.1, 0.15) is 16.4 Å². The summed E-state index contributed by atoms with van der Waals surface area (Å²) >= 11 is 1.65. The number of hydrogen-bond donors (Lipinski definition) is 1. The zero-order valence-electron chi connectivity index (χ0n) is 9.20. The first-order chi connectivity index (χ1) is 8.20. The molecule has 1 atom stereocenters. The minimum absolute atomic E-state index is 0.0312. The lowest BCUT2D eigenvalue weighted by atomic mass is 9.95. The number of thiophene rings is 1. The van der Waals surface area contributed by atoms with Crippen LogP contribution in [0.2, 0.25) is 0 Å². The minimum atomic E-state index is -0.819. The summed E-state index contributed by atoms with van der Waals surface area (Å²) in [6.07, 6.45) is 0.763. The molecule has 1 aromatic heterocycles. The van der Waals surface area contributed by atoms with Gasteiger partial charge in [-0.1, -0.05) is 12.1 Å². The zero-order valence-corrected chi connectivity index (χ0v) is 10.0. The molecule has 1 unspecified atom stereocenters. The van der Waals surface area contributed by atoms with Gasteiger partial charge in [0, 0.05) is 10.8 Å². The Balaban J connectivity index is 2.20. The minimum Gasteiger partial charge on any atom is -0.330 e. The fourth-order valence-electron chi connectivity index (χ4n) is 1.78. The molecule has 0 saturated carbocycles. The van der Waals surface area contributed by atoms with E-state index in [9.17, 15) is 8.78 Å². The summed E-state index contributed by atoms with van der Waals surface area (Å²) in [7, 11) is 0. The van der Waals surface area contributed by atoms with Crippen LogP contribution in [0.5, 0.6) is 0 Å². The molecule has 2 aromatic rings. The Hall–Kier alpha value is -1.26. The summed E-state index contributed by atoms with van der Waals surface area (Å²) in [6, 6.07) is 7.98. The summed E-state index contributed by atoms with van der Waals surface area (Å²) in [4.78, 5) is 1.20. The van der Waals surface area contributed by atoms with E-state index in [1.165, 1.54) is 10.9 Å². The molecule has 2 N–H and O–H groups in total. The van der Waals surface area contributed by atoms with Crippen molar-refractivity contribution in [3.05, 3.63) is 57.8 Å². The van der Waals surface area contributed by atoms with Crippen LogP contribution >= 0.6 is 11.3 Å². The molecular weight excluding hydrogens is 240 g/mol. The fourth-order valence-corrected chi connectivity index (χ4v) is 2.56. The lowest BCUT2D eigenvalue weighted by Crippen LogP contribution is -2.15. The average molecular weight is 253 g/mol. The molecule has 2 rings (SSSR count). The summed E-state index contributed by atoms with van der Waals surface area (Å²) in [6.45, 7) is 0.420. The van der Waals surface area contributed by atoms with E-state index in [1.54, 1.807) is 17.4 Å². The van der Waals surface area contributed by atoms with E-state index >= 15 is 0 Å². The van der Waals surface area contributed by atoms with E-state index in [-0.39, 0.29) is 5.92 Å². The van der Waals surface area contributed by atoms with Crippen molar-refractivity contribution in [2.45, 2.75) is 12.3 Å². The quantitative estimate of drug-likeness (QED) is 0.888. The van der Waals surface area contributed by atoms with Crippen molar-refractivity contribution in [2.75, 3.05) is 6.54 Å². The molecular formula is C13H13F2NS. The van der Waals surface area contributed by atoms with Gasteiger partial charge in [-0.25, -0.2) is 8.78 Å². The van der Waals surface area contributed by atoms with E-state index in [2.05, 4.69) is 0 Å². The molecule has 0 radical (unpaired) electrons. The monoisotopic (exact) mass is 253 g/mol. The third kappa shape index (κ3) is 2.90. The molecule has 4 heteroatoms. The number of rotatable bonds is 4. The van der Waals surface area contributed by atoms with Crippen molar-refractivity contribution in [3.63, 3.8) is 0 Å². The lowest BCUT2D eigenvalue weighted by molar-refractivity contribution is 0.505. The molecule has 90 valence electrons. The van der Waals surface area contributed by atoms with Gasteiger partial charge in [-0.3, -0.25) is 0 Å². The summed E-state index contributed by atoms with van der Waals surface area (Å²) in [5, 5.41) is 1.99. The molecule has 0 spiro atoms. The van der Waals surface area contributed by atoms with E-state index in [4.69, 9.17) is 5.73 Å². The maximum absolute atomic E-state index is 13.1. The molecule has 0 saturated heterocycles. The molecule has 0 amide bonds. The summed E-state index contributed by atoms with van der Waals surface area (Å²) < 4.78 is 26.0. The van der Waals surface area contributed by atoms with Crippen molar-refractivity contribution < 1.29 is 8.78 Å². The normalized spacial score (nSPS) is 12.6. The van der Waals surface area contributed by atoms with Gasteiger partial charge in [0.25, 0.3) is 0 Å². The van der Waals surface area contributed by atoms with Gasteiger partial charge < -0.3 is 5.73 Å². The SMILES string of the molecule is NCC(Cc1cccs1)c1ccc(F)c(F)c1. The van der Waals surface area contributed by atoms with Crippen molar-refractivity contribution in [1.82, 2.24) is 0 Å². The second-order valence-electron chi connectivity index (χ2n) is 3.89.